The molecule has 0 saturated heterocycles. The zero-order valence-electron chi connectivity index (χ0n) is 32.0. The molecule has 1 saturated carbocycles. The van der Waals surface area contributed by atoms with Crippen molar-refractivity contribution in [1.29, 1.82) is 0 Å². The van der Waals surface area contributed by atoms with Gasteiger partial charge >= 0.3 is 294 Å². The van der Waals surface area contributed by atoms with Crippen molar-refractivity contribution in [3.63, 3.8) is 0 Å². The Balaban J connectivity index is 0.00000216. The number of hydrogen-bond donors (Lipinski definition) is 0. The fraction of sp³-hybridized carbons (Fsp3) is 0.426. The average Bonchev–Trinajstić information content (AvgIpc) is 3.75. The first kappa shape index (κ1) is 37.7. The van der Waals surface area contributed by atoms with E-state index in [9.17, 15) is 0 Å². The molecule has 0 aromatic heterocycles. The Morgan fingerprint density at radius 3 is 2.00 bits per heavy atom. The van der Waals surface area contributed by atoms with Crippen molar-refractivity contribution in [2.24, 2.45) is 11.3 Å². The average molecular weight is 785 g/mol. The molecule has 3 aromatic carbocycles. The predicted molar refractivity (Wildman–Crippen MR) is 222 cm³/mol. The van der Waals surface area contributed by atoms with Gasteiger partial charge in [0.25, 0.3) is 0 Å². The topological polar surface area (TPSA) is 0 Å². The number of hydrogen-bond acceptors (Lipinski definition) is 0. The molecule has 0 nitrogen and oxygen atoms in total. The molecule has 3 aromatic rings. The van der Waals surface area contributed by atoms with Crippen molar-refractivity contribution < 1.29 is 18.3 Å². The summed E-state index contributed by atoms with van der Waals surface area (Å²) in [5.41, 5.74) is 16.7. The first-order valence-electron chi connectivity index (χ1n) is 18.9. The van der Waals surface area contributed by atoms with Crippen LogP contribution in [0.5, 0.6) is 0 Å². The van der Waals surface area contributed by atoms with Crippen molar-refractivity contribution in [2.45, 2.75) is 116 Å². The Labute approximate surface area is 316 Å². The van der Waals surface area contributed by atoms with E-state index >= 15 is 0 Å². The zero-order valence-corrected chi connectivity index (χ0v) is 36.1. The fourth-order valence-corrected chi connectivity index (χ4v) is 30.2. The number of halogens is 2. The van der Waals surface area contributed by atoms with Crippen LogP contribution in [0.4, 0.5) is 0 Å². The number of benzene rings is 3. The molecule has 0 bridgehead atoms. The van der Waals surface area contributed by atoms with Crippen LogP contribution in [-0.2, 0) is 35.5 Å². The van der Waals surface area contributed by atoms with Crippen LogP contribution in [0.1, 0.15) is 128 Å². The normalized spacial score (nSPS) is 22.4. The van der Waals surface area contributed by atoms with Crippen molar-refractivity contribution in [1.82, 2.24) is 0 Å². The Kier molecular flexibility index (Phi) is 9.24. The molecule has 1 unspecified atom stereocenters. The quantitative estimate of drug-likeness (QED) is 0.189. The molecule has 1 atom stereocenters. The molecule has 0 N–H and O–H groups in total. The van der Waals surface area contributed by atoms with Crippen molar-refractivity contribution in [3.8, 4) is 11.1 Å². The summed E-state index contributed by atoms with van der Waals surface area (Å²) in [5, 5.41) is 0. The van der Waals surface area contributed by atoms with Crippen LogP contribution in [0, 0.1) is 11.3 Å². The summed E-state index contributed by atoms with van der Waals surface area (Å²) < 4.78 is 11.8. The molecule has 0 spiro atoms. The maximum atomic E-state index is 5.76. The molecule has 5 aliphatic carbocycles. The van der Waals surface area contributed by atoms with E-state index in [1.54, 1.807) is 12.1 Å². The van der Waals surface area contributed by atoms with Crippen LogP contribution in [-0.4, -0.2) is 4.21 Å². The Hall–Kier alpha value is -2.05. The van der Waals surface area contributed by atoms with Crippen LogP contribution in [0.3, 0.4) is 0 Å². The number of allylic oxidation sites excluding steroid dienone is 8. The molecular weight excluding hydrogens is 727 g/mol. The van der Waals surface area contributed by atoms with Crippen LogP contribution in [0.15, 0.2) is 85.0 Å². The fourth-order valence-electron chi connectivity index (χ4n) is 11.9. The zero-order chi connectivity index (χ0) is 34.0. The van der Waals surface area contributed by atoms with Gasteiger partial charge in [-0.05, 0) is 0 Å². The molecule has 264 valence electrons. The minimum atomic E-state index is -4.44. The second-order valence-corrected chi connectivity index (χ2v) is 32.1. The van der Waals surface area contributed by atoms with E-state index in [-0.39, 0.29) is 35.6 Å². The van der Waals surface area contributed by atoms with Gasteiger partial charge < -0.3 is 0 Å². The molecule has 0 amide bonds. The summed E-state index contributed by atoms with van der Waals surface area (Å²) in [4.78, 5) is 0. The standard InChI is InChI=1S/C25H25.C13H19.C6H5.C2H5.CH2.2ClH.Zr/c1-14-12-24(3,4)22-8-16-7-17-9-23-19(15(2)13-25(23,5)6)11-21(17)20(16)10-18(14)22;1-11-6-7-12(10-11)13(2)8-4-3-5-9-13;1-2-4-6-5-3-1;1-2;;;;/h8-12H,7H2,1-6H3;7,10-11H,3-5,8-9H2,1-2H3;1-5H;1H2,2H3;1H2;2*1H;. The molecule has 3 heteroatoms. The maximum absolute atomic E-state index is 5.76. The van der Waals surface area contributed by atoms with Crippen molar-refractivity contribution in [3.05, 3.63) is 118 Å². The Morgan fingerprint density at radius 1 is 0.780 bits per heavy atom. The van der Waals surface area contributed by atoms with Gasteiger partial charge in [0.15, 0.2) is 0 Å². The SMILES string of the molecule is Cl.Cl.[CH2]=[Zr]([CH2]C)([C]1=CC(C2(C)CCCCC2)=CC1C)([C]1=C(C)c2cc3c(cc2C1(C)C)Cc1cc2c(cc1-3)C(C)=CC2(C)C)[c]1ccccc1. The van der Waals surface area contributed by atoms with E-state index in [4.69, 9.17) is 4.21 Å². The van der Waals surface area contributed by atoms with E-state index < -0.39 is 18.3 Å². The third-order valence-electron chi connectivity index (χ3n) is 14.4. The summed E-state index contributed by atoms with van der Waals surface area (Å²) in [6.45, 7) is 22.1. The number of fused-ring (bicyclic) bond motifs is 5. The van der Waals surface area contributed by atoms with Gasteiger partial charge in [-0.25, -0.2) is 0 Å². The van der Waals surface area contributed by atoms with Crippen LogP contribution in [0.2, 0.25) is 4.13 Å². The Morgan fingerprint density at radius 2 is 1.38 bits per heavy atom. The number of rotatable bonds is 5. The van der Waals surface area contributed by atoms with Crippen LogP contribution in [0.25, 0.3) is 22.3 Å². The third-order valence-corrected chi connectivity index (χ3v) is 32.8. The van der Waals surface area contributed by atoms with E-state index in [0.29, 0.717) is 11.3 Å². The van der Waals surface area contributed by atoms with Gasteiger partial charge in [0.2, 0.25) is 0 Å². The monoisotopic (exact) mass is 782 g/mol. The minimum absolute atomic E-state index is 0. The van der Waals surface area contributed by atoms with Gasteiger partial charge in [0.1, 0.15) is 0 Å². The molecule has 0 radical (unpaired) electrons. The first-order valence-corrected chi connectivity index (χ1v) is 26.1. The van der Waals surface area contributed by atoms with Gasteiger partial charge in [-0.3, -0.25) is 0 Å². The molecule has 50 heavy (non-hydrogen) atoms. The molecule has 1 fully saturated rings. The van der Waals surface area contributed by atoms with E-state index in [1.807, 2.05) is 0 Å². The summed E-state index contributed by atoms with van der Waals surface area (Å²) in [6.07, 6.45) is 15.6. The summed E-state index contributed by atoms with van der Waals surface area (Å²) in [5.74, 6) is 0.418. The van der Waals surface area contributed by atoms with Gasteiger partial charge in [-0.1, -0.05) is 0 Å². The summed E-state index contributed by atoms with van der Waals surface area (Å²) in [7, 11) is 0. The second kappa shape index (κ2) is 12.3. The third kappa shape index (κ3) is 4.95. The van der Waals surface area contributed by atoms with Gasteiger partial charge in [-0.15, -0.1) is 24.8 Å². The van der Waals surface area contributed by atoms with Crippen LogP contribution < -0.4 is 3.27 Å². The Bertz CT molecular complexity index is 2110. The van der Waals surface area contributed by atoms with Gasteiger partial charge in [-0.2, -0.15) is 0 Å². The molecule has 5 aliphatic rings. The van der Waals surface area contributed by atoms with Gasteiger partial charge in [0, 0.05) is 0 Å². The second-order valence-electron chi connectivity index (χ2n) is 18.0. The van der Waals surface area contributed by atoms with Crippen molar-refractivity contribution >= 4 is 43.4 Å². The van der Waals surface area contributed by atoms with Gasteiger partial charge in [0.05, 0.1) is 0 Å². The van der Waals surface area contributed by atoms with Crippen molar-refractivity contribution in [2.75, 3.05) is 0 Å². The first-order chi connectivity index (χ1) is 22.6. The predicted octanol–water partition coefficient (Wildman–Crippen LogP) is 13.1. The molecule has 0 heterocycles. The molecule has 8 rings (SSSR count). The summed E-state index contributed by atoms with van der Waals surface area (Å²) in [6, 6.07) is 22.0. The molecule has 0 aliphatic heterocycles. The summed E-state index contributed by atoms with van der Waals surface area (Å²) >= 11 is -4.44. The van der Waals surface area contributed by atoms with E-state index in [0.717, 1.165) is 10.5 Å². The van der Waals surface area contributed by atoms with Crippen LogP contribution >= 0.6 is 24.8 Å². The van der Waals surface area contributed by atoms with E-state index in [1.165, 1.54) is 91.0 Å². The van der Waals surface area contributed by atoms with E-state index in [2.05, 4.69) is 135 Å². The molecular formula is C47H58Cl2Zr.